The van der Waals surface area contributed by atoms with Crippen molar-refractivity contribution < 1.29 is 19.8 Å². The summed E-state index contributed by atoms with van der Waals surface area (Å²) >= 11 is 0. The van der Waals surface area contributed by atoms with Gasteiger partial charge in [0, 0.05) is 0 Å². The molecule has 2 N–H and O–H groups in total. The summed E-state index contributed by atoms with van der Waals surface area (Å²) in [5, 5.41) is 16.7. The van der Waals surface area contributed by atoms with E-state index < -0.39 is 11.9 Å². The van der Waals surface area contributed by atoms with E-state index in [9.17, 15) is 9.59 Å². The molecule has 66 valence electrons. The Morgan fingerprint density at radius 2 is 1.31 bits per heavy atom. The third-order valence-electron chi connectivity index (χ3n) is 1.09. The van der Waals surface area contributed by atoms with Crippen molar-refractivity contribution in [2.75, 3.05) is 0 Å². The predicted molar refractivity (Wildman–Crippen MR) is 44.5 cm³/mol. The number of aromatic carboxylic acids is 2. The van der Waals surface area contributed by atoms with E-state index in [4.69, 9.17) is 10.2 Å². The van der Waals surface area contributed by atoms with Gasteiger partial charge in [0.2, 0.25) is 0 Å². The molecule has 0 unspecified atom stereocenters. The van der Waals surface area contributed by atoms with Crippen molar-refractivity contribution >= 4 is 49.7 Å². The van der Waals surface area contributed by atoms with Crippen molar-refractivity contribution in [1.29, 1.82) is 0 Å². The minimum absolute atomic E-state index is 0. The first kappa shape index (κ1) is 12.3. The molecule has 0 atom stereocenters. The molecule has 1 heterocycles. The normalized spacial score (nSPS) is 8.62. The van der Waals surface area contributed by atoms with E-state index in [0.29, 0.717) is 0 Å². The maximum absolute atomic E-state index is 10.2. The third kappa shape index (κ3) is 3.25. The average molecular weight is 210 g/mol. The molecule has 1 rings (SSSR count). The Labute approximate surface area is 103 Å². The van der Waals surface area contributed by atoms with Crippen LogP contribution in [-0.2, 0) is 0 Å². The Kier molecular flexibility index (Phi) is 4.82. The Bertz CT molecular complexity index is 291. The van der Waals surface area contributed by atoms with Crippen LogP contribution in [0, 0.1) is 0 Å². The maximum atomic E-state index is 10.2. The summed E-state index contributed by atoms with van der Waals surface area (Å²) in [7, 11) is 0. The molecule has 1 aromatic rings. The van der Waals surface area contributed by atoms with E-state index in [1.54, 1.807) is 0 Å². The zero-order valence-corrected chi connectivity index (χ0v) is 5.76. The van der Waals surface area contributed by atoms with Gasteiger partial charge in [0.15, 0.2) is 11.4 Å². The van der Waals surface area contributed by atoms with E-state index in [2.05, 4.69) is 9.97 Å². The number of carbonyl (C=O) groups is 2. The average Bonchev–Trinajstić information content (AvgIpc) is 2.04. The Balaban J connectivity index is 0.00000144. The number of hydrogen-bond acceptors (Lipinski definition) is 4. The third-order valence-corrected chi connectivity index (χ3v) is 1.09. The van der Waals surface area contributed by atoms with Crippen LogP contribution in [0.25, 0.3) is 0 Å². The SMILES string of the molecule is O=C(O)c1cnc(C(=O)O)cn1.[CaH2]. The first-order valence-electron chi connectivity index (χ1n) is 2.90. The molecule has 0 radical (unpaired) electrons. The molecular weight excluding hydrogens is 204 g/mol. The number of nitrogens with zero attached hydrogens (tertiary/aromatic N) is 2. The van der Waals surface area contributed by atoms with Crippen LogP contribution in [0.1, 0.15) is 21.0 Å². The zero-order valence-electron chi connectivity index (χ0n) is 5.76. The molecule has 0 aliphatic rings. The summed E-state index contributed by atoms with van der Waals surface area (Å²) in [6, 6.07) is 0. The molecule has 0 aromatic carbocycles. The first-order valence-corrected chi connectivity index (χ1v) is 2.90. The summed E-state index contributed by atoms with van der Waals surface area (Å²) in [5.74, 6) is -2.47. The Hall–Kier alpha value is -0.720. The van der Waals surface area contributed by atoms with Gasteiger partial charge < -0.3 is 10.2 Å². The van der Waals surface area contributed by atoms with Crippen LogP contribution < -0.4 is 0 Å². The fourth-order valence-electron chi connectivity index (χ4n) is 0.549. The van der Waals surface area contributed by atoms with Gasteiger partial charge >= 0.3 is 49.7 Å². The fraction of sp³-hybridized carbons (Fsp3) is 0. The molecule has 6 nitrogen and oxygen atoms in total. The number of carboxylic acids is 2. The number of aromatic nitrogens is 2. The van der Waals surface area contributed by atoms with Crippen LogP contribution in [0.2, 0.25) is 0 Å². The molecule has 0 spiro atoms. The van der Waals surface area contributed by atoms with E-state index in [1.165, 1.54) is 0 Å². The molecule has 0 fully saturated rings. The van der Waals surface area contributed by atoms with Crippen molar-refractivity contribution in [3.8, 4) is 0 Å². The predicted octanol–water partition coefficient (Wildman–Crippen LogP) is -1.04. The zero-order chi connectivity index (χ0) is 9.14. The van der Waals surface area contributed by atoms with Crippen molar-refractivity contribution in [1.82, 2.24) is 9.97 Å². The van der Waals surface area contributed by atoms with E-state index in [-0.39, 0.29) is 49.1 Å². The Morgan fingerprint density at radius 1 is 1.00 bits per heavy atom. The number of carboxylic acid groups (broad SMARTS) is 2. The molecule has 13 heavy (non-hydrogen) atoms. The summed E-state index contributed by atoms with van der Waals surface area (Å²) < 4.78 is 0. The van der Waals surface area contributed by atoms with Crippen molar-refractivity contribution in [2.45, 2.75) is 0 Å². The summed E-state index contributed by atoms with van der Waals surface area (Å²) in [5.41, 5.74) is -0.556. The molecule has 7 heteroatoms. The van der Waals surface area contributed by atoms with Crippen LogP contribution in [0.3, 0.4) is 0 Å². The second kappa shape index (κ2) is 5.11. The fourth-order valence-corrected chi connectivity index (χ4v) is 0.549. The quantitative estimate of drug-likeness (QED) is 0.604. The van der Waals surface area contributed by atoms with Crippen molar-refractivity contribution in [2.24, 2.45) is 0 Å². The van der Waals surface area contributed by atoms with Gasteiger partial charge in [0.1, 0.15) is 0 Å². The Morgan fingerprint density at radius 3 is 1.46 bits per heavy atom. The monoisotopic (exact) mass is 210 g/mol. The second-order valence-corrected chi connectivity index (χ2v) is 1.90. The number of hydrogen-bond donors (Lipinski definition) is 2. The minimum atomic E-state index is -1.24. The summed E-state index contributed by atoms with van der Waals surface area (Å²) in [4.78, 5) is 27.2. The molecule has 0 bridgehead atoms. The van der Waals surface area contributed by atoms with Crippen LogP contribution in [0.5, 0.6) is 0 Å². The van der Waals surface area contributed by atoms with Gasteiger partial charge in [0.25, 0.3) is 0 Å². The molecule has 0 amide bonds. The van der Waals surface area contributed by atoms with Gasteiger partial charge in [-0.25, -0.2) is 19.6 Å². The van der Waals surface area contributed by atoms with Gasteiger partial charge in [0.05, 0.1) is 12.4 Å². The number of rotatable bonds is 2. The van der Waals surface area contributed by atoms with Crippen LogP contribution in [-0.4, -0.2) is 69.9 Å². The molecule has 0 aliphatic carbocycles. The van der Waals surface area contributed by atoms with E-state index in [1.807, 2.05) is 0 Å². The summed E-state index contributed by atoms with van der Waals surface area (Å²) in [6.45, 7) is 0. The summed E-state index contributed by atoms with van der Waals surface area (Å²) in [6.07, 6.45) is 1.79. The second-order valence-electron chi connectivity index (χ2n) is 1.90. The standard InChI is InChI=1S/C6H4N2O4.Ca.2H/c9-5(10)3-1-7-4(2-8-3)6(11)12;;;/h1-2H,(H,9,10)(H,11,12);;;. The van der Waals surface area contributed by atoms with Gasteiger partial charge in [-0.3, -0.25) is 0 Å². The van der Waals surface area contributed by atoms with Crippen LogP contribution in [0.4, 0.5) is 0 Å². The van der Waals surface area contributed by atoms with Crippen molar-refractivity contribution in [3.63, 3.8) is 0 Å². The van der Waals surface area contributed by atoms with E-state index in [0.717, 1.165) is 12.4 Å². The van der Waals surface area contributed by atoms with E-state index >= 15 is 0 Å². The van der Waals surface area contributed by atoms with Gasteiger partial charge in [-0.15, -0.1) is 0 Å². The molecule has 1 aromatic heterocycles. The molecule has 0 saturated carbocycles. The topological polar surface area (TPSA) is 100 Å². The van der Waals surface area contributed by atoms with Crippen molar-refractivity contribution in [3.05, 3.63) is 23.8 Å². The van der Waals surface area contributed by atoms with Gasteiger partial charge in [-0.05, 0) is 0 Å². The first-order chi connectivity index (χ1) is 5.61. The van der Waals surface area contributed by atoms with Gasteiger partial charge in [-0.1, -0.05) is 0 Å². The van der Waals surface area contributed by atoms with Crippen LogP contribution in [0.15, 0.2) is 12.4 Å². The van der Waals surface area contributed by atoms with Gasteiger partial charge in [-0.2, -0.15) is 0 Å². The molecule has 0 aliphatic heterocycles. The molecular formula is C6H6CaN2O4. The van der Waals surface area contributed by atoms with Crippen LogP contribution >= 0.6 is 0 Å². The molecule has 0 saturated heterocycles.